The molecule has 0 fully saturated rings. The van der Waals surface area contributed by atoms with Gasteiger partial charge in [-0.25, -0.2) is 9.67 Å². The Morgan fingerprint density at radius 2 is 1.77 bits per heavy atom. The lowest BCUT2D eigenvalue weighted by Crippen LogP contribution is -2.22. The van der Waals surface area contributed by atoms with E-state index in [-0.39, 0.29) is 11.7 Å². The molecule has 2 heterocycles. The highest BCUT2D eigenvalue weighted by Crippen LogP contribution is 2.37. The van der Waals surface area contributed by atoms with Crippen LogP contribution in [0.2, 0.25) is 0 Å². The molecule has 5 heteroatoms. The number of nitrogens with zero attached hydrogens (tertiary/aromatic N) is 3. The zero-order valence-corrected chi connectivity index (χ0v) is 17.2. The zero-order valence-electron chi connectivity index (χ0n) is 17.2. The van der Waals surface area contributed by atoms with Crippen molar-refractivity contribution in [2.24, 2.45) is 0 Å². The predicted octanol–water partition coefficient (Wildman–Crippen LogP) is 5.04. The van der Waals surface area contributed by atoms with Gasteiger partial charge in [-0.3, -0.25) is 4.79 Å². The lowest BCUT2D eigenvalue weighted by Gasteiger charge is -2.25. The lowest BCUT2D eigenvalue weighted by atomic mass is 9.80. The summed E-state index contributed by atoms with van der Waals surface area (Å²) < 4.78 is 1.79. The smallest absolute Gasteiger partial charge is 0.167 e. The molecular formula is C25H24N4O. The van der Waals surface area contributed by atoms with E-state index in [0.717, 1.165) is 16.8 Å². The molecular weight excluding hydrogens is 372 g/mol. The van der Waals surface area contributed by atoms with E-state index in [4.69, 9.17) is 10.7 Å². The van der Waals surface area contributed by atoms with Crippen molar-refractivity contribution in [1.82, 2.24) is 14.8 Å². The molecule has 1 aliphatic rings. The van der Waals surface area contributed by atoms with Gasteiger partial charge in [0.2, 0.25) is 0 Å². The Kier molecular flexibility index (Phi) is 4.39. The minimum Gasteiger partial charge on any atom is -0.397 e. The number of aromatic nitrogens is 3. The first-order valence-corrected chi connectivity index (χ1v) is 10.4. The molecule has 150 valence electrons. The summed E-state index contributed by atoms with van der Waals surface area (Å²) in [5, 5.41) is 5.22. The highest BCUT2D eigenvalue weighted by atomic mass is 16.1. The Balaban J connectivity index is 1.58. The zero-order chi connectivity index (χ0) is 20.8. The highest BCUT2D eigenvalue weighted by Gasteiger charge is 2.31. The van der Waals surface area contributed by atoms with E-state index in [1.54, 1.807) is 10.9 Å². The number of carbonyl (C=O) groups is 1. The summed E-state index contributed by atoms with van der Waals surface area (Å²) in [6.45, 7) is 4.37. The van der Waals surface area contributed by atoms with Gasteiger partial charge in [-0.2, -0.15) is 5.10 Å². The van der Waals surface area contributed by atoms with E-state index in [1.807, 2.05) is 30.3 Å². The first kappa shape index (κ1) is 18.6. The van der Waals surface area contributed by atoms with Gasteiger partial charge in [0.05, 0.1) is 34.2 Å². The summed E-state index contributed by atoms with van der Waals surface area (Å²) in [6, 6.07) is 18.5. The molecule has 0 spiro atoms. The summed E-state index contributed by atoms with van der Waals surface area (Å²) in [4.78, 5) is 17.9. The van der Waals surface area contributed by atoms with E-state index < -0.39 is 0 Å². The number of pyridine rings is 1. The second kappa shape index (κ2) is 7.10. The summed E-state index contributed by atoms with van der Waals surface area (Å²) in [7, 11) is 0. The Morgan fingerprint density at radius 3 is 2.47 bits per heavy atom. The summed E-state index contributed by atoms with van der Waals surface area (Å²) in [6.07, 6.45) is 2.86. The molecule has 5 nitrogen and oxygen atoms in total. The van der Waals surface area contributed by atoms with Gasteiger partial charge in [0.15, 0.2) is 11.4 Å². The number of para-hydroxylation sites is 1. The van der Waals surface area contributed by atoms with Crippen LogP contribution in [0.4, 0.5) is 5.69 Å². The van der Waals surface area contributed by atoms with E-state index in [1.165, 1.54) is 11.1 Å². The highest BCUT2D eigenvalue weighted by molar-refractivity contribution is 6.09. The Labute approximate surface area is 175 Å². The third-order valence-electron chi connectivity index (χ3n) is 6.06. The van der Waals surface area contributed by atoms with Gasteiger partial charge in [-0.1, -0.05) is 56.3 Å². The average Bonchev–Trinajstić information content (AvgIpc) is 3.18. The van der Waals surface area contributed by atoms with Crippen LogP contribution in [0.25, 0.3) is 16.7 Å². The van der Waals surface area contributed by atoms with Crippen LogP contribution < -0.4 is 5.73 Å². The Morgan fingerprint density at radius 1 is 1.03 bits per heavy atom. The van der Waals surface area contributed by atoms with Gasteiger partial charge in [0, 0.05) is 6.42 Å². The number of fused-ring (bicyclic) bond motifs is 2. The third-order valence-corrected chi connectivity index (χ3v) is 6.06. The number of anilines is 1. The van der Waals surface area contributed by atoms with Crippen LogP contribution in [-0.4, -0.2) is 20.5 Å². The summed E-state index contributed by atoms with van der Waals surface area (Å²) >= 11 is 0. The first-order chi connectivity index (χ1) is 14.5. The minimum atomic E-state index is 0.0635. The molecule has 0 aliphatic heterocycles. The maximum absolute atomic E-state index is 13.0. The number of carbonyl (C=O) groups excluding carboxylic acids is 1. The van der Waals surface area contributed by atoms with Crippen LogP contribution in [0, 0.1) is 0 Å². The lowest BCUT2D eigenvalue weighted by molar-refractivity contribution is 0.0964. The van der Waals surface area contributed by atoms with Crippen LogP contribution in [0.3, 0.4) is 0 Å². The molecule has 0 radical (unpaired) electrons. The number of rotatable bonds is 3. The quantitative estimate of drug-likeness (QED) is 0.526. The van der Waals surface area contributed by atoms with E-state index >= 15 is 0 Å². The van der Waals surface area contributed by atoms with Crippen molar-refractivity contribution in [3.63, 3.8) is 0 Å². The fourth-order valence-electron chi connectivity index (χ4n) is 4.35. The monoisotopic (exact) mass is 396 g/mol. The molecule has 1 aliphatic carbocycles. The molecule has 0 amide bonds. The van der Waals surface area contributed by atoms with Gasteiger partial charge in [0.25, 0.3) is 0 Å². The molecule has 0 saturated carbocycles. The number of nitrogens with two attached hydrogens (primary N) is 1. The number of nitrogen functional groups attached to an aromatic ring is 1. The molecule has 4 aromatic rings. The second-order valence-corrected chi connectivity index (χ2v) is 8.33. The third kappa shape index (κ3) is 2.98. The SMILES string of the molecule is CC(C)c1ccc([C@@H]2CC(=O)c3c(nc4c(cnn4-c4ccccc4)c3N)C2)cc1. The van der Waals surface area contributed by atoms with Gasteiger partial charge in [0.1, 0.15) is 0 Å². The van der Waals surface area contributed by atoms with Gasteiger partial charge in [-0.05, 0) is 41.5 Å². The maximum Gasteiger partial charge on any atom is 0.167 e. The van der Waals surface area contributed by atoms with Crippen molar-refractivity contribution < 1.29 is 4.79 Å². The van der Waals surface area contributed by atoms with Gasteiger partial charge < -0.3 is 5.73 Å². The number of hydrogen-bond donors (Lipinski definition) is 1. The van der Waals surface area contributed by atoms with E-state index in [2.05, 4.69) is 43.2 Å². The van der Waals surface area contributed by atoms with Crippen LogP contribution in [-0.2, 0) is 6.42 Å². The van der Waals surface area contributed by atoms with E-state index in [9.17, 15) is 4.79 Å². The molecule has 0 bridgehead atoms. The standard InChI is InChI=1S/C25H24N4O/c1-15(2)16-8-10-17(11-9-16)18-12-21-23(22(30)13-18)24(26)20-14-27-29(25(20)28-21)19-6-4-3-5-7-19/h3-11,14-15,18H,12-13H2,1-2H3,(H2,26,28)/t18-/m0/s1. The predicted molar refractivity (Wildman–Crippen MR) is 119 cm³/mol. The largest absolute Gasteiger partial charge is 0.397 e. The topological polar surface area (TPSA) is 73.8 Å². The van der Waals surface area contributed by atoms with Crippen LogP contribution >= 0.6 is 0 Å². The maximum atomic E-state index is 13.0. The fourth-order valence-corrected chi connectivity index (χ4v) is 4.35. The molecule has 2 N–H and O–H groups in total. The molecule has 1 atom stereocenters. The van der Waals surface area contributed by atoms with Crippen molar-refractivity contribution in [3.8, 4) is 5.69 Å². The van der Waals surface area contributed by atoms with Crippen LogP contribution in [0.5, 0.6) is 0 Å². The van der Waals surface area contributed by atoms with E-state index in [0.29, 0.717) is 35.7 Å². The van der Waals surface area contributed by atoms with Gasteiger partial charge in [-0.15, -0.1) is 0 Å². The van der Waals surface area contributed by atoms with Crippen LogP contribution in [0.1, 0.15) is 59.3 Å². The van der Waals surface area contributed by atoms with Gasteiger partial charge >= 0.3 is 0 Å². The van der Waals surface area contributed by atoms with Crippen LogP contribution in [0.15, 0.2) is 60.8 Å². The van der Waals surface area contributed by atoms with Crippen molar-refractivity contribution in [1.29, 1.82) is 0 Å². The Bertz CT molecular complexity index is 1240. The molecule has 30 heavy (non-hydrogen) atoms. The number of ketones is 1. The summed E-state index contributed by atoms with van der Waals surface area (Å²) in [5.41, 5.74) is 12.4. The molecule has 0 saturated heterocycles. The number of hydrogen-bond acceptors (Lipinski definition) is 4. The van der Waals surface area contributed by atoms with Crippen molar-refractivity contribution >= 4 is 22.5 Å². The molecule has 2 aromatic carbocycles. The molecule has 5 rings (SSSR count). The van der Waals surface area contributed by atoms with Crippen molar-refractivity contribution in [2.75, 3.05) is 5.73 Å². The average molecular weight is 396 g/mol. The number of benzene rings is 2. The minimum absolute atomic E-state index is 0.0635. The fraction of sp³-hybridized carbons (Fsp3) is 0.240. The first-order valence-electron chi connectivity index (χ1n) is 10.4. The summed E-state index contributed by atoms with van der Waals surface area (Å²) in [5.74, 6) is 0.665. The van der Waals surface area contributed by atoms with Crippen molar-refractivity contribution in [2.45, 2.75) is 38.5 Å². The number of Topliss-reactive ketones (excluding diaryl/α,β-unsaturated/α-hetero) is 1. The molecule has 0 unspecified atom stereocenters. The van der Waals surface area contributed by atoms with Crippen molar-refractivity contribution in [3.05, 3.63) is 83.2 Å². The second-order valence-electron chi connectivity index (χ2n) is 8.33. The molecule has 2 aromatic heterocycles. The normalized spacial score (nSPS) is 16.2. The Hall–Kier alpha value is -3.47.